The molecule has 4 N–H and O–H groups in total. The number of hydrazine groups is 1. The lowest BCUT2D eigenvalue weighted by atomic mass is 9.97. The third-order valence-electron chi connectivity index (χ3n) is 9.23. The van der Waals surface area contributed by atoms with Crippen LogP contribution in [0.4, 0.5) is 5.69 Å². The number of hydrogen-bond acceptors (Lipinski definition) is 7. The van der Waals surface area contributed by atoms with Crippen LogP contribution >= 0.6 is 0 Å². The SMILES string of the molecule is CC(=O)NN1CCCC1c1cc(S(=O)(=O)N(CC(C)C)C[C@@H](O)[C@H](Cc2ccccc2)N(Cc2ccccc2)Cc2ccccc2)ccc1N. The Balaban J connectivity index is 1.49. The molecule has 50 heavy (non-hydrogen) atoms. The van der Waals surface area contributed by atoms with Gasteiger partial charge in [-0.3, -0.25) is 15.1 Å². The molecule has 1 aliphatic rings. The Hall–Kier alpha value is -4.06. The van der Waals surface area contributed by atoms with Gasteiger partial charge in [-0.2, -0.15) is 4.31 Å². The Morgan fingerprint density at radius 3 is 1.98 bits per heavy atom. The quantitative estimate of drug-likeness (QED) is 0.127. The van der Waals surface area contributed by atoms with E-state index < -0.39 is 22.2 Å². The molecule has 1 amide bonds. The summed E-state index contributed by atoms with van der Waals surface area (Å²) in [5.41, 5.74) is 13.7. The summed E-state index contributed by atoms with van der Waals surface area (Å²) in [6, 6.07) is 34.6. The first-order valence-corrected chi connectivity index (χ1v) is 18.9. The summed E-state index contributed by atoms with van der Waals surface area (Å²) in [7, 11) is -4.06. The van der Waals surface area contributed by atoms with E-state index in [2.05, 4.69) is 46.7 Å². The molecule has 0 spiro atoms. The van der Waals surface area contributed by atoms with Crippen LogP contribution in [-0.4, -0.2) is 65.4 Å². The lowest BCUT2D eigenvalue weighted by molar-refractivity contribution is -0.124. The number of nitrogens with zero attached hydrogens (tertiary/aromatic N) is 3. The zero-order valence-electron chi connectivity index (χ0n) is 29.4. The van der Waals surface area contributed by atoms with Gasteiger partial charge in [0.1, 0.15) is 0 Å². The lowest BCUT2D eigenvalue weighted by Gasteiger charge is -2.37. The third-order valence-corrected chi connectivity index (χ3v) is 11.1. The van der Waals surface area contributed by atoms with Crippen molar-refractivity contribution in [1.82, 2.24) is 19.6 Å². The second-order valence-corrected chi connectivity index (χ2v) is 15.7. The van der Waals surface area contributed by atoms with Gasteiger partial charge in [-0.1, -0.05) is 105 Å². The molecule has 266 valence electrons. The molecule has 1 unspecified atom stereocenters. The lowest BCUT2D eigenvalue weighted by Crippen LogP contribution is -2.50. The van der Waals surface area contributed by atoms with Gasteiger partial charge in [-0.25, -0.2) is 13.4 Å². The summed E-state index contributed by atoms with van der Waals surface area (Å²) in [5, 5.41) is 14.1. The number of carbonyl (C=O) groups is 1. The number of benzene rings is 4. The Morgan fingerprint density at radius 1 is 0.880 bits per heavy atom. The number of nitrogen functional groups attached to an aromatic ring is 1. The van der Waals surface area contributed by atoms with E-state index >= 15 is 0 Å². The van der Waals surface area contributed by atoms with Gasteiger partial charge < -0.3 is 10.8 Å². The molecule has 0 bridgehead atoms. The van der Waals surface area contributed by atoms with Crippen LogP contribution in [-0.2, 0) is 34.3 Å². The fourth-order valence-electron chi connectivity index (χ4n) is 6.88. The zero-order chi connectivity index (χ0) is 35.7. The largest absolute Gasteiger partial charge is 0.398 e. The predicted molar refractivity (Wildman–Crippen MR) is 199 cm³/mol. The number of rotatable bonds is 16. The first-order chi connectivity index (χ1) is 24.0. The van der Waals surface area contributed by atoms with Gasteiger partial charge in [0.25, 0.3) is 0 Å². The van der Waals surface area contributed by atoms with Crippen LogP contribution in [0.5, 0.6) is 0 Å². The molecule has 10 heteroatoms. The second-order valence-electron chi connectivity index (χ2n) is 13.7. The van der Waals surface area contributed by atoms with Gasteiger partial charge in [0.05, 0.1) is 17.0 Å². The smallest absolute Gasteiger partial charge is 0.243 e. The van der Waals surface area contributed by atoms with Crippen molar-refractivity contribution < 1.29 is 18.3 Å². The molecular weight excluding hydrogens is 647 g/mol. The van der Waals surface area contributed by atoms with Crippen molar-refractivity contribution in [3.8, 4) is 0 Å². The topological polar surface area (TPSA) is 119 Å². The highest BCUT2D eigenvalue weighted by Gasteiger charge is 2.35. The summed E-state index contributed by atoms with van der Waals surface area (Å²) in [5.74, 6) is -0.178. The van der Waals surface area contributed by atoms with Crippen molar-refractivity contribution in [2.24, 2.45) is 5.92 Å². The Morgan fingerprint density at radius 2 is 1.44 bits per heavy atom. The molecule has 0 aromatic heterocycles. The van der Waals surface area contributed by atoms with Crippen molar-refractivity contribution in [3.05, 3.63) is 131 Å². The summed E-state index contributed by atoms with van der Waals surface area (Å²) in [6.07, 6.45) is 1.10. The van der Waals surface area contributed by atoms with Gasteiger partial charge in [-0.15, -0.1) is 0 Å². The monoisotopic (exact) mass is 697 g/mol. The van der Waals surface area contributed by atoms with E-state index in [4.69, 9.17) is 5.73 Å². The average molecular weight is 698 g/mol. The van der Waals surface area contributed by atoms with Gasteiger partial charge >= 0.3 is 0 Å². The first-order valence-electron chi connectivity index (χ1n) is 17.5. The van der Waals surface area contributed by atoms with Gasteiger partial charge in [0.2, 0.25) is 15.9 Å². The number of aliphatic hydroxyl groups excluding tert-OH is 1. The van der Waals surface area contributed by atoms with Crippen LogP contribution in [0.3, 0.4) is 0 Å². The van der Waals surface area contributed by atoms with Crippen LogP contribution in [0.1, 0.15) is 61.9 Å². The Labute approximate surface area is 297 Å². The molecule has 0 aliphatic carbocycles. The number of aliphatic hydroxyl groups is 1. The van der Waals surface area contributed by atoms with Gasteiger partial charge in [-0.05, 0) is 65.6 Å². The molecule has 3 atom stereocenters. The number of nitrogens with one attached hydrogen (secondary N) is 1. The fourth-order valence-corrected chi connectivity index (χ4v) is 8.53. The van der Waals surface area contributed by atoms with Crippen LogP contribution in [0, 0.1) is 5.92 Å². The second kappa shape index (κ2) is 17.2. The van der Waals surface area contributed by atoms with Crippen molar-refractivity contribution >= 4 is 21.6 Å². The van der Waals surface area contributed by atoms with Crippen LogP contribution < -0.4 is 11.2 Å². The molecule has 9 nitrogen and oxygen atoms in total. The van der Waals surface area contributed by atoms with Crippen molar-refractivity contribution in [3.63, 3.8) is 0 Å². The maximum Gasteiger partial charge on any atom is 0.243 e. The fraction of sp³-hybridized carbons (Fsp3) is 0.375. The number of sulfonamides is 1. The molecule has 1 heterocycles. The summed E-state index contributed by atoms with van der Waals surface area (Å²) < 4.78 is 30.5. The standard InChI is InChI=1S/C40H51N5O4S/c1-30(2)26-44(50(48,49)35-21-22-37(41)36(25-35)38-20-13-23-45(38)42-31(3)46)29-40(47)39(24-32-14-7-4-8-15-32)43(27-33-16-9-5-10-17-33)28-34-18-11-6-12-19-34/h4-12,14-19,21-22,25,30,38-40,47H,13,20,23-24,26-29,41H2,1-3H3,(H,42,46)/t38?,39-,40+/m0/s1. The highest BCUT2D eigenvalue weighted by Crippen LogP contribution is 2.36. The van der Waals surface area contributed by atoms with E-state index in [1.54, 1.807) is 18.2 Å². The van der Waals surface area contributed by atoms with E-state index in [9.17, 15) is 18.3 Å². The maximum absolute atomic E-state index is 14.6. The van der Waals surface area contributed by atoms with E-state index in [0.29, 0.717) is 37.3 Å². The Bertz CT molecular complexity index is 1730. The summed E-state index contributed by atoms with van der Waals surface area (Å²) in [4.78, 5) is 14.3. The van der Waals surface area contributed by atoms with Crippen LogP contribution in [0.25, 0.3) is 0 Å². The molecule has 1 fully saturated rings. The molecule has 4 aromatic rings. The molecular formula is C40H51N5O4S. The van der Waals surface area contributed by atoms with Crippen molar-refractivity contribution in [2.45, 2.75) is 76.2 Å². The van der Waals surface area contributed by atoms with Crippen LogP contribution in [0.2, 0.25) is 0 Å². The van der Waals surface area contributed by atoms with E-state index in [0.717, 1.165) is 29.5 Å². The normalized spacial score (nSPS) is 16.6. The molecule has 1 aliphatic heterocycles. The number of amides is 1. The molecule has 1 saturated heterocycles. The third kappa shape index (κ3) is 9.80. The Kier molecular flexibility index (Phi) is 12.8. The number of anilines is 1. The van der Waals surface area contributed by atoms with E-state index in [1.165, 1.54) is 11.2 Å². The van der Waals surface area contributed by atoms with E-state index in [1.807, 2.05) is 73.5 Å². The molecule has 5 rings (SSSR count). The average Bonchev–Trinajstić information content (AvgIpc) is 3.55. The number of nitrogens with two attached hydrogens (primary N) is 1. The zero-order valence-corrected chi connectivity index (χ0v) is 30.2. The minimum Gasteiger partial charge on any atom is -0.398 e. The summed E-state index contributed by atoms with van der Waals surface area (Å²) >= 11 is 0. The first kappa shape index (κ1) is 37.2. The van der Waals surface area contributed by atoms with Crippen LogP contribution in [0.15, 0.2) is 114 Å². The predicted octanol–water partition coefficient (Wildman–Crippen LogP) is 5.78. The van der Waals surface area contributed by atoms with Gasteiger partial charge in [0.15, 0.2) is 0 Å². The number of carbonyl (C=O) groups excluding carboxylic acids is 1. The van der Waals surface area contributed by atoms with E-state index in [-0.39, 0.29) is 35.9 Å². The van der Waals surface area contributed by atoms with Crippen molar-refractivity contribution in [2.75, 3.05) is 25.4 Å². The molecule has 0 saturated carbocycles. The number of hydrogen-bond donors (Lipinski definition) is 3. The highest BCUT2D eigenvalue weighted by atomic mass is 32.2. The summed E-state index contributed by atoms with van der Waals surface area (Å²) in [6.45, 7) is 7.37. The maximum atomic E-state index is 14.6. The minimum absolute atomic E-state index is 0.00707. The molecule has 4 aromatic carbocycles. The minimum atomic E-state index is -4.06. The molecule has 0 radical (unpaired) electrons. The van der Waals surface area contributed by atoms with Crippen molar-refractivity contribution in [1.29, 1.82) is 0 Å². The highest BCUT2D eigenvalue weighted by molar-refractivity contribution is 7.89. The van der Waals surface area contributed by atoms with Gasteiger partial charge in [0, 0.05) is 51.4 Å².